The van der Waals surface area contributed by atoms with E-state index in [4.69, 9.17) is 0 Å². The van der Waals surface area contributed by atoms with Gasteiger partial charge in [0.15, 0.2) is 0 Å². The minimum Gasteiger partial charge on any atom is -0.508 e. The standard InChI is InChI=1S/C25H21F3N4O2.C2H6/c26-25(27,28)18-5-3-17(4-6-18)22-16-29-23-21(2-1-11-32(22)23)24(34)31-14-12-30(13-15-31)19-7-9-20(33)10-8-19;1-2/h1-11,16,33H,12-15H2;1-2H3. The Morgan fingerprint density at radius 2 is 1.56 bits per heavy atom. The summed E-state index contributed by atoms with van der Waals surface area (Å²) >= 11 is 0. The molecule has 9 heteroatoms. The SMILES string of the molecule is CC.O=C(c1cccn2c(-c3ccc(C(F)(F)F)cc3)cnc12)N1CCN(c2ccc(O)cc2)CC1. The van der Waals surface area contributed by atoms with E-state index in [1.54, 1.807) is 46.0 Å². The Hall–Kier alpha value is -4.01. The third-order valence-electron chi connectivity index (χ3n) is 6.06. The first-order valence-corrected chi connectivity index (χ1v) is 11.8. The molecule has 6 nitrogen and oxygen atoms in total. The number of hydrogen-bond acceptors (Lipinski definition) is 4. The van der Waals surface area contributed by atoms with Gasteiger partial charge < -0.3 is 14.9 Å². The number of carbonyl (C=O) groups is 1. The number of imidazole rings is 1. The second-order valence-corrected chi connectivity index (χ2v) is 8.13. The molecule has 1 fully saturated rings. The smallest absolute Gasteiger partial charge is 0.416 e. The number of fused-ring (bicyclic) bond motifs is 1. The van der Waals surface area contributed by atoms with Gasteiger partial charge in [0.2, 0.25) is 0 Å². The van der Waals surface area contributed by atoms with Crippen molar-refractivity contribution in [2.75, 3.05) is 31.1 Å². The Bertz CT molecular complexity index is 1320. The van der Waals surface area contributed by atoms with Crippen molar-refractivity contribution < 1.29 is 23.1 Å². The fourth-order valence-corrected chi connectivity index (χ4v) is 4.22. The molecule has 1 saturated heterocycles. The minimum atomic E-state index is -4.40. The summed E-state index contributed by atoms with van der Waals surface area (Å²) in [5, 5.41) is 9.48. The number of carbonyl (C=O) groups excluding carboxylic acids is 1. The number of hydrogen-bond donors (Lipinski definition) is 1. The molecular formula is C27H27F3N4O2. The van der Waals surface area contributed by atoms with Gasteiger partial charge in [-0.1, -0.05) is 26.0 Å². The van der Waals surface area contributed by atoms with Crippen molar-refractivity contribution in [3.05, 3.63) is 84.2 Å². The van der Waals surface area contributed by atoms with Crippen LogP contribution < -0.4 is 4.90 Å². The molecule has 0 unspecified atom stereocenters. The highest BCUT2D eigenvalue weighted by atomic mass is 19.4. The van der Waals surface area contributed by atoms with Gasteiger partial charge in [0.25, 0.3) is 5.91 Å². The van der Waals surface area contributed by atoms with Crippen LogP contribution >= 0.6 is 0 Å². The van der Waals surface area contributed by atoms with Crippen LogP contribution in [0.1, 0.15) is 29.8 Å². The molecule has 3 heterocycles. The molecule has 5 rings (SSSR count). The van der Waals surface area contributed by atoms with Crippen molar-refractivity contribution >= 4 is 17.2 Å². The van der Waals surface area contributed by atoms with E-state index in [2.05, 4.69) is 9.88 Å². The Labute approximate surface area is 207 Å². The van der Waals surface area contributed by atoms with E-state index in [0.29, 0.717) is 48.6 Å². The van der Waals surface area contributed by atoms with Gasteiger partial charge in [-0.15, -0.1) is 0 Å². The number of amides is 1. The summed E-state index contributed by atoms with van der Waals surface area (Å²) in [6.45, 7) is 6.39. The largest absolute Gasteiger partial charge is 0.508 e. The molecule has 0 saturated carbocycles. The third-order valence-corrected chi connectivity index (χ3v) is 6.06. The Kier molecular flexibility index (Phi) is 7.19. The summed E-state index contributed by atoms with van der Waals surface area (Å²) in [7, 11) is 0. The number of pyridine rings is 1. The lowest BCUT2D eigenvalue weighted by molar-refractivity contribution is -0.137. The van der Waals surface area contributed by atoms with Crippen LogP contribution in [0.5, 0.6) is 5.75 Å². The molecule has 0 bridgehead atoms. The Balaban J connectivity index is 0.00000148. The number of nitrogens with zero attached hydrogens (tertiary/aromatic N) is 4. The van der Waals surface area contributed by atoms with Gasteiger partial charge in [-0.25, -0.2) is 4.98 Å². The summed E-state index contributed by atoms with van der Waals surface area (Å²) < 4.78 is 40.4. The van der Waals surface area contributed by atoms with Crippen LogP contribution in [0.3, 0.4) is 0 Å². The number of halogens is 3. The van der Waals surface area contributed by atoms with Gasteiger partial charge >= 0.3 is 6.18 Å². The van der Waals surface area contributed by atoms with E-state index in [1.807, 2.05) is 26.0 Å². The van der Waals surface area contributed by atoms with Crippen LogP contribution in [0.25, 0.3) is 16.9 Å². The molecule has 1 aliphatic heterocycles. The molecule has 2 aromatic carbocycles. The van der Waals surface area contributed by atoms with E-state index in [0.717, 1.165) is 17.8 Å². The van der Waals surface area contributed by atoms with Gasteiger partial charge in [-0.3, -0.25) is 9.20 Å². The number of phenols is 1. The third kappa shape index (κ3) is 5.00. The van der Waals surface area contributed by atoms with Crippen molar-refractivity contribution in [2.24, 2.45) is 0 Å². The maximum Gasteiger partial charge on any atom is 0.416 e. The molecule has 2 aromatic heterocycles. The molecule has 1 amide bonds. The Morgan fingerprint density at radius 3 is 2.17 bits per heavy atom. The summed E-state index contributed by atoms with van der Waals surface area (Å²) in [5.74, 6) is 0.0709. The fourth-order valence-electron chi connectivity index (χ4n) is 4.22. The number of alkyl halides is 3. The minimum absolute atomic E-state index is 0.138. The number of anilines is 1. The zero-order valence-corrected chi connectivity index (χ0v) is 20.0. The number of aromatic hydroxyl groups is 1. The molecule has 0 spiro atoms. The quantitative estimate of drug-likeness (QED) is 0.395. The number of aromatic nitrogens is 2. The molecule has 36 heavy (non-hydrogen) atoms. The first-order chi connectivity index (χ1) is 17.3. The van der Waals surface area contributed by atoms with E-state index in [1.165, 1.54) is 12.1 Å². The number of piperazine rings is 1. The summed E-state index contributed by atoms with van der Waals surface area (Å²) in [6, 6.07) is 15.3. The predicted octanol–water partition coefficient (Wildman–Crippen LogP) is 5.71. The van der Waals surface area contributed by atoms with Crippen molar-refractivity contribution in [1.82, 2.24) is 14.3 Å². The van der Waals surface area contributed by atoms with E-state index in [-0.39, 0.29) is 11.7 Å². The lowest BCUT2D eigenvalue weighted by Crippen LogP contribution is -2.48. The van der Waals surface area contributed by atoms with Crippen molar-refractivity contribution in [1.29, 1.82) is 0 Å². The molecule has 0 radical (unpaired) electrons. The van der Waals surface area contributed by atoms with Crippen LogP contribution in [0, 0.1) is 0 Å². The van der Waals surface area contributed by atoms with Gasteiger partial charge in [0.05, 0.1) is 23.0 Å². The topological polar surface area (TPSA) is 61.1 Å². The second-order valence-electron chi connectivity index (χ2n) is 8.13. The highest BCUT2D eigenvalue weighted by Gasteiger charge is 2.30. The van der Waals surface area contributed by atoms with Gasteiger partial charge in [-0.2, -0.15) is 13.2 Å². The van der Waals surface area contributed by atoms with Crippen molar-refractivity contribution in [3.63, 3.8) is 0 Å². The Morgan fingerprint density at radius 1 is 0.917 bits per heavy atom. The zero-order valence-electron chi connectivity index (χ0n) is 20.0. The zero-order chi connectivity index (χ0) is 25.9. The number of rotatable bonds is 3. The van der Waals surface area contributed by atoms with Crippen LogP contribution in [-0.4, -0.2) is 51.5 Å². The molecular weight excluding hydrogens is 469 g/mol. The predicted molar refractivity (Wildman–Crippen MR) is 133 cm³/mol. The van der Waals surface area contributed by atoms with Crippen LogP contribution in [0.4, 0.5) is 18.9 Å². The maximum atomic E-state index is 13.3. The van der Waals surface area contributed by atoms with E-state index >= 15 is 0 Å². The fraction of sp³-hybridized carbons (Fsp3) is 0.259. The first-order valence-electron chi connectivity index (χ1n) is 11.8. The lowest BCUT2D eigenvalue weighted by atomic mass is 10.1. The summed E-state index contributed by atoms with van der Waals surface area (Å²) in [5.41, 5.74) is 2.36. The molecule has 1 aliphatic rings. The average molecular weight is 497 g/mol. The van der Waals surface area contributed by atoms with E-state index in [9.17, 15) is 23.1 Å². The number of benzene rings is 2. The lowest BCUT2D eigenvalue weighted by Gasteiger charge is -2.36. The van der Waals surface area contributed by atoms with Gasteiger partial charge in [0, 0.05) is 43.6 Å². The highest BCUT2D eigenvalue weighted by molar-refractivity contribution is 6.00. The van der Waals surface area contributed by atoms with Gasteiger partial charge in [0.1, 0.15) is 11.4 Å². The van der Waals surface area contributed by atoms with Crippen LogP contribution in [0.2, 0.25) is 0 Å². The van der Waals surface area contributed by atoms with Crippen LogP contribution in [-0.2, 0) is 6.18 Å². The average Bonchev–Trinajstić information content (AvgIpc) is 3.34. The summed E-state index contributed by atoms with van der Waals surface area (Å²) in [6.07, 6.45) is -1.09. The van der Waals surface area contributed by atoms with Crippen molar-refractivity contribution in [2.45, 2.75) is 20.0 Å². The first kappa shape index (κ1) is 25.1. The maximum absolute atomic E-state index is 13.3. The monoisotopic (exact) mass is 496 g/mol. The summed E-state index contributed by atoms with van der Waals surface area (Å²) in [4.78, 5) is 21.6. The molecule has 0 aliphatic carbocycles. The molecule has 1 N–H and O–H groups in total. The van der Waals surface area contributed by atoms with Crippen LogP contribution in [0.15, 0.2) is 73.1 Å². The molecule has 0 atom stereocenters. The molecule has 188 valence electrons. The van der Waals surface area contributed by atoms with E-state index < -0.39 is 11.7 Å². The number of phenolic OH excluding ortho intramolecular Hbond substituents is 1. The van der Waals surface area contributed by atoms with Crippen molar-refractivity contribution in [3.8, 4) is 17.0 Å². The normalized spacial score (nSPS) is 13.9. The second kappa shape index (κ2) is 10.3. The highest BCUT2D eigenvalue weighted by Crippen LogP contribution is 2.31. The molecule has 4 aromatic rings. The van der Waals surface area contributed by atoms with Gasteiger partial charge in [-0.05, 0) is 48.5 Å².